The first-order valence-electron chi connectivity index (χ1n) is 28.1. The zero-order valence-corrected chi connectivity index (χ0v) is 44.3. The molecule has 5 rings (SSSR count). The van der Waals surface area contributed by atoms with Crippen LogP contribution in [0.3, 0.4) is 0 Å². The average molecular weight is 977 g/mol. The Bertz CT molecular complexity index is 2100. The van der Waals surface area contributed by atoms with E-state index in [2.05, 4.69) is 41.2 Å². The third-order valence-corrected chi connectivity index (χ3v) is 13.1. The lowest BCUT2D eigenvalue weighted by Crippen LogP contribution is -2.07. The SMILES string of the molecule is CCCCCCCCCCCCOc1cc(-c2nnc(-c3ccc(-c4nnc(-c5ccc(OC(C)=O)cc5)o4)cc3)o2)cc(OCCCCCCCCCCCC)c1OCCCCCCCCCCCC. The topological polar surface area (TPSA) is 132 Å². The molecule has 0 aliphatic heterocycles. The largest absolute Gasteiger partial charge is 0.490 e. The number of unbranched alkanes of at least 4 members (excludes halogenated alkanes) is 27. The van der Waals surface area contributed by atoms with Gasteiger partial charge in [0.15, 0.2) is 11.5 Å². The van der Waals surface area contributed by atoms with Crippen molar-refractivity contribution in [3.63, 3.8) is 0 Å². The molecule has 0 radical (unpaired) electrons. The van der Waals surface area contributed by atoms with Gasteiger partial charge in [0.05, 0.1) is 19.8 Å². The summed E-state index contributed by atoms with van der Waals surface area (Å²) in [6.45, 7) is 9.99. The summed E-state index contributed by atoms with van der Waals surface area (Å²) in [7, 11) is 0. The van der Waals surface area contributed by atoms with Gasteiger partial charge in [-0.3, -0.25) is 4.79 Å². The van der Waals surface area contributed by atoms with Gasteiger partial charge in [0, 0.05) is 29.2 Å². The third-order valence-electron chi connectivity index (χ3n) is 13.1. The molecule has 0 bridgehead atoms. The van der Waals surface area contributed by atoms with Gasteiger partial charge < -0.3 is 27.8 Å². The molecular weight excluding hydrogens is 889 g/mol. The van der Waals surface area contributed by atoms with Crippen molar-refractivity contribution >= 4 is 5.97 Å². The van der Waals surface area contributed by atoms with E-state index in [1.54, 1.807) is 24.3 Å². The summed E-state index contributed by atoms with van der Waals surface area (Å²) in [4.78, 5) is 11.3. The zero-order chi connectivity index (χ0) is 50.0. The third kappa shape index (κ3) is 22.0. The van der Waals surface area contributed by atoms with Crippen molar-refractivity contribution in [2.75, 3.05) is 19.8 Å². The van der Waals surface area contributed by atoms with Crippen LogP contribution in [0.4, 0.5) is 0 Å². The molecule has 0 aliphatic rings. The number of aromatic nitrogens is 4. The summed E-state index contributed by atoms with van der Waals surface area (Å²) in [6, 6.07) is 18.5. The number of benzene rings is 3. The van der Waals surface area contributed by atoms with Gasteiger partial charge in [-0.15, -0.1) is 20.4 Å². The van der Waals surface area contributed by atoms with E-state index in [-0.39, 0.29) is 5.97 Å². The molecule has 2 aromatic heterocycles. The molecule has 0 aliphatic carbocycles. The van der Waals surface area contributed by atoms with Gasteiger partial charge in [0.1, 0.15) is 5.75 Å². The lowest BCUT2D eigenvalue weighted by molar-refractivity contribution is -0.131. The summed E-state index contributed by atoms with van der Waals surface area (Å²) >= 11 is 0. The predicted octanol–water partition coefficient (Wildman–Crippen LogP) is 17.9. The molecule has 390 valence electrons. The molecule has 2 heterocycles. The van der Waals surface area contributed by atoms with E-state index in [9.17, 15) is 4.79 Å². The zero-order valence-electron chi connectivity index (χ0n) is 44.3. The maximum atomic E-state index is 11.3. The quantitative estimate of drug-likeness (QED) is 0.0211. The van der Waals surface area contributed by atoms with Crippen molar-refractivity contribution in [3.05, 3.63) is 60.7 Å². The molecule has 11 heteroatoms. The fourth-order valence-corrected chi connectivity index (χ4v) is 8.86. The number of carbonyl (C=O) groups is 1. The molecule has 5 aromatic rings. The molecule has 11 nitrogen and oxygen atoms in total. The fourth-order valence-electron chi connectivity index (χ4n) is 8.86. The number of esters is 1. The minimum atomic E-state index is -0.380. The van der Waals surface area contributed by atoms with Crippen molar-refractivity contribution in [1.29, 1.82) is 0 Å². The van der Waals surface area contributed by atoms with Gasteiger partial charge >= 0.3 is 5.97 Å². The van der Waals surface area contributed by atoms with E-state index in [4.69, 9.17) is 27.8 Å². The Morgan fingerprint density at radius 1 is 0.380 bits per heavy atom. The highest BCUT2D eigenvalue weighted by atomic mass is 16.5. The Hall–Kier alpha value is -5.19. The predicted molar refractivity (Wildman–Crippen MR) is 287 cm³/mol. The minimum absolute atomic E-state index is 0.355. The number of nitrogens with zero attached hydrogens (tertiary/aromatic N) is 4. The van der Waals surface area contributed by atoms with Crippen LogP contribution in [0.15, 0.2) is 69.5 Å². The first kappa shape index (κ1) is 56.7. The Balaban J connectivity index is 1.27. The number of hydrogen-bond donors (Lipinski definition) is 0. The van der Waals surface area contributed by atoms with Crippen LogP contribution in [0.1, 0.15) is 220 Å². The smallest absolute Gasteiger partial charge is 0.308 e. The van der Waals surface area contributed by atoms with Gasteiger partial charge in [-0.25, -0.2) is 0 Å². The molecular formula is C60H88N4O7. The second-order valence-electron chi connectivity index (χ2n) is 19.4. The van der Waals surface area contributed by atoms with Crippen LogP contribution in [0.2, 0.25) is 0 Å². The van der Waals surface area contributed by atoms with E-state index in [0.29, 0.717) is 71.9 Å². The van der Waals surface area contributed by atoms with Gasteiger partial charge in [-0.1, -0.05) is 194 Å². The molecule has 3 aromatic carbocycles. The lowest BCUT2D eigenvalue weighted by Gasteiger charge is -2.18. The Labute approximate surface area is 427 Å². The number of carbonyl (C=O) groups excluding carboxylic acids is 1. The highest BCUT2D eigenvalue weighted by Gasteiger charge is 2.21. The van der Waals surface area contributed by atoms with E-state index in [0.717, 1.165) is 55.2 Å². The second-order valence-corrected chi connectivity index (χ2v) is 19.4. The van der Waals surface area contributed by atoms with E-state index >= 15 is 0 Å². The first-order valence-corrected chi connectivity index (χ1v) is 28.1. The summed E-state index contributed by atoms with van der Waals surface area (Å²) < 4.78 is 37.5. The Kier molecular flexibility index (Phi) is 28.0. The molecule has 71 heavy (non-hydrogen) atoms. The van der Waals surface area contributed by atoms with Gasteiger partial charge in [-0.2, -0.15) is 0 Å². The molecule has 0 N–H and O–H groups in total. The summed E-state index contributed by atoms with van der Waals surface area (Å²) in [5.41, 5.74) is 2.93. The van der Waals surface area contributed by atoms with Crippen LogP contribution in [0.25, 0.3) is 45.8 Å². The summed E-state index contributed by atoms with van der Waals surface area (Å²) in [6.07, 6.45) is 38.0. The van der Waals surface area contributed by atoms with E-state index in [1.165, 1.54) is 161 Å². The van der Waals surface area contributed by atoms with Gasteiger partial charge in [-0.05, 0) is 79.9 Å². The number of hydrogen-bond acceptors (Lipinski definition) is 11. The van der Waals surface area contributed by atoms with Crippen molar-refractivity contribution in [2.45, 2.75) is 220 Å². The molecule has 0 unspecified atom stereocenters. The number of rotatable bonds is 41. The van der Waals surface area contributed by atoms with E-state index in [1.807, 2.05) is 36.4 Å². The van der Waals surface area contributed by atoms with Crippen molar-refractivity contribution < 1.29 is 32.6 Å². The Morgan fingerprint density at radius 3 is 0.986 bits per heavy atom. The van der Waals surface area contributed by atoms with Crippen LogP contribution in [-0.2, 0) is 4.79 Å². The fraction of sp³-hybridized carbons (Fsp3) is 0.617. The van der Waals surface area contributed by atoms with Crippen LogP contribution >= 0.6 is 0 Å². The Morgan fingerprint density at radius 2 is 0.662 bits per heavy atom. The summed E-state index contributed by atoms with van der Waals surface area (Å²) in [5, 5.41) is 17.5. The highest BCUT2D eigenvalue weighted by Crippen LogP contribution is 2.43. The first-order chi connectivity index (χ1) is 35.0. The molecule has 0 saturated carbocycles. The maximum absolute atomic E-state index is 11.3. The van der Waals surface area contributed by atoms with Crippen molar-refractivity contribution in [2.24, 2.45) is 0 Å². The van der Waals surface area contributed by atoms with Crippen molar-refractivity contribution in [3.8, 4) is 68.8 Å². The maximum Gasteiger partial charge on any atom is 0.308 e. The summed E-state index contributed by atoms with van der Waals surface area (Å²) in [5.74, 6) is 3.53. The van der Waals surface area contributed by atoms with Crippen LogP contribution < -0.4 is 18.9 Å². The van der Waals surface area contributed by atoms with Crippen LogP contribution in [0.5, 0.6) is 23.0 Å². The molecule has 0 saturated heterocycles. The second kappa shape index (κ2) is 35.0. The highest BCUT2D eigenvalue weighted by molar-refractivity contribution is 5.70. The molecule has 0 amide bonds. The van der Waals surface area contributed by atoms with Gasteiger partial charge in [0.25, 0.3) is 0 Å². The standard InChI is InChI=1S/C60H88N4O7/c1-5-8-11-14-17-20-23-26-29-32-43-66-54-46-52(47-55(67-44-33-30-27-24-21-18-15-12-9-6-2)56(54)68-45-34-31-28-25-22-19-16-13-10-7-3)60-64-63-58(71-60)50-37-35-49(36-38-50)57-61-62-59(70-57)51-39-41-53(42-40-51)69-48(4)65/h35-42,46-47H,5-34,43-45H2,1-4H3. The van der Waals surface area contributed by atoms with Crippen LogP contribution in [0, 0.1) is 0 Å². The minimum Gasteiger partial charge on any atom is -0.490 e. The normalized spacial score (nSPS) is 11.3. The average Bonchev–Trinajstić information content (AvgIpc) is 4.09. The van der Waals surface area contributed by atoms with Crippen molar-refractivity contribution in [1.82, 2.24) is 20.4 Å². The molecule has 0 atom stereocenters. The van der Waals surface area contributed by atoms with E-state index < -0.39 is 0 Å². The lowest BCUT2D eigenvalue weighted by atomic mass is 10.1. The monoisotopic (exact) mass is 977 g/mol. The molecule has 0 fully saturated rings. The van der Waals surface area contributed by atoms with Crippen LogP contribution in [-0.4, -0.2) is 46.2 Å². The van der Waals surface area contributed by atoms with Gasteiger partial charge in [0.2, 0.25) is 29.3 Å². The number of ether oxygens (including phenoxy) is 4. The molecule has 0 spiro atoms.